The van der Waals surface area contributed by atoms with Crippen LogP contribution in [0.1, 0.15) is 38.7 Å². The fourth-order valence-corrected chi connectivity index (χ4v) is 2.91. The van der Waals surface area contributed by atoms with Crippen LogP contribution in [0.4, 0.5) is 5.82 Å². The number of pyridine rings is 1. The molecular weight excluding hydrogens is 288 g/mol. The fourth-order valence-electron chi connectivity index (χ4n) is 2.91. The van der Waals surface area contributed by atoms with Gasteiger partial charge in [0.25, 0.3) is 0 Å². The summed E-state index contributed by atoms with van der Waals surface area (Å²) in [7, 11) is 0. The van der Waals surface area contributed by atoms with Crippen molar-refractivity contribution in [1.82, 2.24) is 15.2 Å². The van der Waals surface area contributed by atoms with Crippen LogP contribution in [-0.4, -0.2) is 48.0 Å². The molecule has 0 spiro atoms. The van der Waals surface area contributed by atoms with Crippen LogP contribution < -0.4 is 10.6 Å². The summed E-state index contributed by atoms with van der Waals surface area (Å²) in [4.78, 5) is 18.9. The average molecular weight is 318 g/mol. The molecule has 5 heteroatoms. The summed E-state index contributed by atoms with van der Waals surface area (Å²) in [6.07, 6.45) is 4.73. The molecule has 0 aliphatic carbocycles. The molecule has 23 heavy (non-hydrogen) atoms. The van der Waals surface area contributed by atoms with E-state index in [0.717, 1.165) is 56.8 Å². The van der Waals surface area contributed by atoms with Crippen molar-refractivity contribution in [3.8, 4) is 0 Å². The van der Waals surface area contributed by atoms with E-state index in [1.807, 2.05) is 25.3 Å². The van der Waals surface area contributed by atoms with Crippen molar-refractivity contribution < 1.29 is 4.79 Å². The number of carbonyl (C=O) groups excluding carboxylic acids is 1. The SMILES string of the molecule is Cc1ccc(NCCCNC(=O)C2CCN(C(C)C)CC2)nc1. The predicted octanol–water partition coefficient (Wildman–Crippen LogP) is 2.43. The van der Waals surface area contributed by atoms with Crippen molar-refractivity contribution in [3.05, 3.63) is 23.9 Å². The van der Waals surface area contributed by atoms with E-state index in [-0.39, 0.29) is 11.8 Å². The summed E-state index contributed by atoms with van der Waals surface area (Å²) in [5, 5.41) is 6.35. The lowest BCUT2D eigenvalue weighted by atomic mass is 9.95. The van der Waals surface area contributed by atoms with E-state index in [1.165, 1.54) is 0 Å². The zero-order chi connectivity index (χ0) is 16.7. The van der Waals surface area contributed by atoms with Gasteiger partial charge in [-0.1, -0.05) is 6.07 Å². The fraction of sp³-hybridized carbons (Fsp3) is 0.667. The van der Waals surface area contributed by atoms with Gasteiger partial charge in [-0.25, -0.2) is 4.98 Å². The number of hydrogen-bond acceptors (Lipinski definition) is 4. The molecule has 1 aliphatic rings. The highest BCUT2D eigenvalue weighted by molar-refractivity contribution is 5.78. The molecule has 1 amide bonds. The van der Waals surface area contributed by atoms with Crippen LogP contribution in [0.15, 0.2) is 18.3 Å². The van der Waals surface area contributed by atoms with Crippen LogP contribution in [-0.2, 0) is 4.79 Å². The van der Waals surface area contributed by atoms with Crippen molar-refractivity contribution >= 4 is 11.7 Å². The maximum atomic E-state index is 12.2. The number of anilines is 1. The maximum absolute atomic E-state index is 12.2. The molecule has 2 heterocycles. The number of likely N-dealkylation sites (tertiary alicyclic amines) is 1. The molecule has 128 valence electrons. The highest BCUT2D eigenvalue weighted by Crippen LogP contribution is 2.18. The van der Waals surface area contributed by atoms with Crippen molar-refractivity contribution in [1.29, 1.82) is 0 Å². The Balaban J connectivity index is 1.57. The first-order chi connectivity index (χ1) is 11.1. The first-order valence-electron chi connectivity index (χ1n) is 8.74. The number of carbonyl (C=O) groups is 1. The van der Waals surface area contributed by atoms with Crippen LogP contribution >= 0.6 is 0 Å². The first-order valence-corrected chi connectivity index (χ1v) is 8.74. The van der Waals surface area contributed by atoms with Crippen molar-refractivity contribution in [2.45, 2.75) is 46.1 Å². The Morgan fingerprint density at radius 3 is 2.65 bits per heavy atom. The Morgan fingerprint density at radius 2 is 2.04 bits per heavy atom. The van der Waals surface area contributed by atoms with Gasteiger partial charge in [0.15, 0.2) is 0 Å². The van der Waals surface area contributed by atoms with Gasteiger partial charge < -0.3 is 15.5 Å². The second-order valence-electron chi connectivity index (χ2n) is 6.70. The summed E-state index contributed by atoms with van der Waals surface area (Å²) in [6, 6.07) is 4.61. The number of nitrogens with zero attached hydrogens (tertiary/aromatic N) is 2. The monoisotopic (exact) mass is 318 g/mol. The summed E-state index contributed by atoms with van der Waals surface area (Å²) in [5.41, 5.74) is 1.16. The molecule has 1 aromatic heterocycles. The Bertz CT molecular complexity index is 478. The lowest BCUT2D eigenvalue weighted by molar-refractivity contribution is -0.126. The van der Waals surface area contributed by atoms with E-state index >= 15 is 0 Å². The van der Waals surface area contributed by atoms with Crippen LogP contribution in [0.2, 0.25) is 0 Å². The minimum atomic E-state index is 0.191. The minimum absolute atomic E-state index is 0.191. The molecule has 1 saturated heterocycles. The molecule has 0 saturated carbocycles. The Morgan fingerprint density at radius 1 is 1.30 bits per heavy atom. The highest BCUT2D eigenvalue weighted by atomic mass is 16.1. The molecular formula is C18H30N4O. The minimum Gasteiger partial charge on any atom is -0.370 e. The third-order valence-electron chi connectivity index (χ3n) is 4.50. The molecule has 0 bridgehead atoms. The second kappa shape index (κ2) is 8.87. The maximum Gasteiger partial charge on any atom is 0.223 e. The van der Waals surface area contributed by atoms with Crippen molar-refractivity contribution in [3.63, 3.8) is 0 Å². The Labute approximate surface area is 139 Å². The number of nitrogens with one attached hydrogen (secondary N) is 2. The second-order valence-corrected chi connectivity index (χ2v) is 6.70. The standard InChI is InChI=1S/C18H30N4O/c1-14(2)22-11-7-16(8-12-22)18(23)20-10-4-9-19-17-6-5-15(3)13-21-17/h5-6,13-14,16H,4,7-12H2,1-3H3,(H,19,21)(H,20,23). The molecule has 0 aromatic carbocycles. The number of amides is 1. The van der Waals surface area contributed by atoms with E-state index in [0.29, 0.717) is 6.04 Å². The van der Waals surface area contributed by atoms with Crippen LogP contribution in [0, 0.1) is 12.8 Å². The molecule has 0 radical (unpaired) electrons. The molecule has 2 rings (SSSR count). The zero-order valence-corrected chi connectivity index (χ0v) is 14.6. The molecule has 1 aromatic rings. The topological polar surface area (TPSA) is 57.3 Å². The molecule has 5 nitrogen and oxygen atoms in total. The van der Waals surface area contributed by atoms with Gasteiger partial charge in [0.2, 0.25) is 5.91 Å². The van der Waals surface area contributed by atoms with Crippen LogP contribution in [0.25, 0.3) is 0 Å². The normalized spacial score (nSPS) is 16.5. The zero-order valence-electron chi connectivity index (χ0n) is 14.6. The number of piperidine rings is 1. The third-order valence-corrected chi connectivity index (χ3v) is 4.50. The van der Waals surface area contributed by atoms with E-state index in [4.69, 9.17) is 0 Å². The lowest BCUT2D eigenvalue weighted by Crippen LogP contribution is -2.43. The average Bonchev–Trinajstić information content (AvgIpc) is 2.56. The number of rotatable bonds is 7. The van der Waals surface area contributed by atoms with Crippen LogP contribution in [0.3, 0.4) is 0 Å². The van der Waals surface area contributed by atoms with Gasteiger partial charge in [-0.05, 0) is 64.8 Å². The van der Waals surface area contributed by atoms with Gasteiger partial charge in [0, 0.05) is 31.2 Å². The highest BCUT2D eigenvalue weighted by Gasteiger charge is 2.25. The number of hydrogen-bond donors (Lipinski definition) is 2. The summed E-state index contributed by atoms with van der Waals surface area (Å²) in [5.74, 6) is 1.31. The predicted molar refractivity (Wildman–Crippen MR) is 94.5 cm³/mol. The van der Waals surface area contributed by atoms with Gasteiger partial charge >= 0.3 is 0 Å². The van der Waals surface area contributed by atoms with Gasteiger partial charge in [0.05, 0.1) is 0 Å². The summed E-state index contributed by atoms with van der Waals surface area (Å²) < 4.78 is 0. The lowest BCUT2D eigenvalue weighted by Gasteiger charge is -2.33. The van der Waals surface area contributed by atoms with Gasteiger partial charge in [-0.15, -0.1) is 0 Å². The van der Waals surface area contributed by atoms with E-state index in [2.05, 4.69) is 34.4 Å². The molecule has 2 N–H and O–H groups in total. The van der Waals surface area contributed by atoms with Gasteiger partial charge in [-0.2, -0.15) is 0 Å². The molecule has 0 unspecified atom stereocenters. The van der Waals surface area contributed by atoms with Crippen molar-refractivity contribution in [2.24, 2.45) is 5.92 Å². The number of aryl methyl sites for hydroxylation is 1. The van der Waals surface area contributed by atoms with Gasteiger partial charge in [-0.3, -0.25) is 4.79 Å². The van der Waals surface area contributed by atoms with E-state index < -0.39 is 0 Å². The quantitative estimate of drug-likeness (QED) is 0.758. The smallest absolute Gasteiger partial charge is 0.223 e. The van der Waals surface area contributed by atoms with Crippen LogP contribution in [0.5, 0.6) is 0 Å². The number of aromatic nitrogens is 1. The third kappa shape index (κ3) is 5.82. The summed E-state index contributed by atoms with van der Waals surface area (Å²) in [6.45, 7) is 10.1. The van der Waals surface area contributed by atoms with Gasteiger partial charge in [0.1, 0.15) is 5.82 Å². The van der Waals surface area contributed by atoms with E-state index in [9.17, 15) is 4.79 Å². The Hall–Kier alpha value is -1.62. The molecule has 1 fully saturated rings. The molecule has 0 atom stereocenters. The first kappa shape index (κ1) is 17.7. The van der Waals surface area contributed by atoms with Crippen molar-refractivity contribution in [2.75, 3.05) is 31.5 Å². The Kier molecular flexibility index (Phi) is 6.84. The summed E-state index contributed by atoms with van der Waals surface area (Å²) >= 11 is 0. The molecule has 1 aliphatic heterocycles. The van der Waals surface area contributed by atoms with E-state index in [1.54, 1.807) is 0 Å². The largest absolute Gasteiger partial charge is 0.370 e.